The maximum atomic E-state index is 10.5. The van der Waals surface area contributed by atoms with E-state index < -0.39 is 5.24 Å². The molecule has 0 saturated heterocycles. The smallest absolute Gasteiger partial charge is 0.223 e. The summed E-state index contributed by atoms with van der Waals surface area (Å²) in [5.41, 5.74) is 0.924. The Labute approximate surface area is 81.3 Å². The van der Waals surface area contributed by atoms with Crippen LogP contribution in [0, 0.1) is 0 Å². The van der Waals surface area contributed by atoms with E-state index in [9.17, 15) is 4.79 Å². The molecule has 1 rings (SSSR count). The Balaban J connectivity index is 2.65. The number of alkyl halides is 1. The Hall–Kier alpha value is -0.530. The molecule has 1 aromatic carbocycles. The van der Waals surface area contributed by atoms with Crippen LogP contribution >= 0.6 is 23.2 Å². The molecule has 1 unspecified atom stereocenters. The molecule has 0 spiro atoms. The summed E-state index contributed by atoms with van der Waals surface area (Å²) in [6.45, 7) is 0. The van der Waals surface area contributed by atoms with Gasteiger partial charge in [0.25, 0.3) is 0 Å². The molecule has 0 fully saturated rings. The van der Waals surface area contributed by atoms with Crippen LogP contribution in [0.4, 0.5) is 0 Å². The third kappa shape index (κ3) is 2.84. The van der Waals surface area contributed by atoms with E-state index in [0.29, 0.717) is 0 Å². The van der Waals surface area contributed by atoms with Gasteiger partial charge in [-0.05, 0) is 17.2 Å². The minimum Gasteiger partial charge on any atom is -0.281 e. The van der Waals surface area contributed by atoms with Crippen LogP contribution in [0.2, 0.25) is 0 Å². The lowest BCUT2D eigenvalue weighted by Crippen LogP contribution is -1.95. The van der Waals surface area contributed by atoms with Crippen LogP contribution in [-0.2, 0) is 4.79 Å². The van der Waals surface area contributed by atoms with E-state index in [-0.39, 0.29) is 11.8 Å². The first-order valence-electron chi connectivity index (χ1n) is 3.57. The zero-order chi connectivity index (χ0) is 8.97. The lowest BCUT2D eigenvalue weighted by molar-refractivity contribution is -0.111. The summed E-state index contributed by atoms with van der Waals surface area (Å²) in [6.07, 6.45) is 0.174. The van der Waals surface area contributed by atoms with Gasteiger partial charge < -0.3 is 0 Å². The number of hydrogen-bond donors (Lipinski definition) is 0. The number of benzene rings is 1. The van der Waals surface area contributed by atoms with Gasteiger partial charge in [-0.3, -0.25) is 4.79 Å². The molecule has 1 atom stereocenters. The summed E-state index contributed by atoms with van der Waals surface area (Å²) in [7, 11) is 0. The predicted octanol–water partition coefficient (Wildman–Crippen LogP) is 3.12. The zero-order valence-electron chi connectivity index (χ0n) is 6.34. The van der Waals surface area contributed by atoms with Crippen molar-refractivity contribution in [2.75, 3.05) is 0 Å². The van der Waals surface area contributed by atoms with Crippen molar-refractivity contribution in [3.05, 3.63) is 35.9 Å². The van der Waals surface area contributed by atoms with Crippen molar-refractivity contribution < 1.29 is 4.79 Å². The number of rotatable bonds is 3. The number of hydrogen-bond acceptors (Lipinski definition) is 1. The molecule has 0 aliphatic rings. The summed E-state index contributed by atoms with van der Waals surface area (Å²) in [6, 6.07) is 9.40. The third-order valence-electron chi connectivity index (χ3n) is 1.50. The second kappa shape index (κ2) is 4.48. The largest absolute Gasteiger partial charge is 0.281 e. The van der Waals surface area contributed by atoms with Gasteiger partial charge in [0.15, 0.2) is 0 Å². The molecule has 1 nitrogen and oxygen atoms in total. The highest BCUT2D eigenvalue weighted by Gasteiger charge is 2.10. The molecule has 0 N–H and O–H groups in total. The molecular weight excluding hydrogens is 195 g/mol. The van der Waals surface area contributed by atoms with Gasteiger partial charge in [0.1, 0.15) is 0 Å². The van der Waals surface area contributed by atoms with Crippen LogP contribution < -0.4 is 0 Å². The van der Waals surface area contributed by atoms with Crippen molar-refractivity contribution in [2.45, 2.75) is 11.8 Å². The van der Waals surface area contributed by atoms with Gasteiger partial charge in [-0.1, -0.05) is 30.3 Å². The molecule has 12 heavy (non-hydrogen) atoms. The van der Waals surface area contributed by atoms with Crippen LogP contribution in [0.15, 0.2) is 30.3 Å². The molecule has 0 radical (unpaired) electrons. The molecule has 0 aliphatic heterocycles. The van der Waals surface area contributed by atoms with Crippen molar-refractivity contribution in [3.63, 3.8) is 0 Å². The van der Waals surface area contributed by atoms with E-state index >= 15 is 0 Å². The molecule has 0 aromatic heterocycles. The second-order valence-electron chi connectivity index (χ2n) is 2.44. The van der Waals surface area contributed by atoms with Gasteiger partial charge in [0, 0.05) is 6.42 Å². The van der Waals surface area contributed by atoms with Gasteiger partial charge in [0.2, 0.25) is 5.24 Å². The number of halogens is 2. The van der Waals surface area contributed by atoms with E-state index in [4.69, 9.17) is 23.2 Å². The van der Waals surface area contributed by atoms with Crippen molar-refractivity contribution in [3.8, 4) is 0 Å². The van der Waals surface area contributed by atoms with Crippen molar-refractivity contribution in [2.24, 2.45) is 0 Å². The minimum atomic E-state index is -0.404. The lowest BCUT2D eigenvalue weighted by Gasteiger charge is -2.05. The Bertz CT molecular complexity index is 258. The fraction of sp³-hybridized carbons (Fsp3) is 0.222. The molecule has 0 aliphatic carbocycles. The Morgan fingerprint density at radius 1 is 1.33 bits per heavy atom. The second-order valence-corrected chi connectivity index (χ2v) is 3.39. The highest BCUT2D eigenvalue weighted by Crippen LogP contribution is 2.24. The standard InChI is InChI=1S/C9H8Cl2O/c10-8(6-9(11)12)7-4-2-1-3-5-7/h1-5,8H,6H2. The Morgan fingerprint density at radius 2 is 1.92 bits per heavy atom. The topological polar surface area (TPSA) is 17.1 Å². The SMILES string of the molecule is O=C(Cl)CC(Cl)c1ccccc1. The predicted molar refractivity (Wildman–Crippen MR) is 50.5 cm³/mol. The first kappa shape index (κ1) is 9.56. The molecule has 0 heterocycles. The van der Waals surface area contributed by atoms with Crippen molar-refractivity contribution >= 4 is 28.4 Å². The molecular formula is C9H8Cl2O. The maximum Gasteiger partial charge on any atom is 0.223 e. The van der Waals surface area contributed by atoms with E-state index in [1.807, 2.05) is 30.3 Å². The van der Waals surface area contributed by atoms with Crippen LogP contribution in [0.5, 0.6) is 0 Å². The van der Waals surface area contributed by atoms with Gasteiger partial charge >= 0.3 is 0 Å². The zero-order valence-corrected chi connectivity index (χ0v) is 7.85. The maximum absolute atomic E-state index is 10.5. The normalized spacial score (nSPS) is 12.5. The van der Waals surface area contributed by atoms with Crippen LogP contribution in [0.1, 0.15) is 17.4 Å². The summed E-state index contributed by atoms with van der Waals surface area (Å²) in [5, 5.41) is -0.713. The minimum absolute atomic E-state index is 0.174. The third-order valence-corrected chi connectivity index (χ3v) is 2.06. The Morgan fingerprint density at radius 3 is 2.42 bits per heavy atom. The van der Waals surface area contributed by atoms with Crippen LogP contribution in [0.3, 0.4) is 0 Å². The van der Waals surface area contributed by atoms with E-state index in [1.165, 1.54) is 0 Å². The van der Waals surface area contributed by atoms with Crippen LogP contribution in [-0.4, -0.2) is 5.24 Å². The van der Waals surface area contributed by atoms with Crippen molar-refractivity contribution in [1.82, 2.24) is 0 Å². The number of carbonyl (C=O) groups is 1. The molecule has 1 aromatic rings. The summed E-state index contributed by atoms with van der Waals surface area (Å²) in [5.74, 6) is 0. The summed E-state index contributed by atoms with van der Waals surface area (Å²) in [4.78, 5) is 10.5. The highest BCUT2D eigenvalue weighted by atomic mass is 35.5. The molecule has 3 heteroatoms. The quantitative estimate of drug-likeness (QED) is 0.544. The lowest BCUT2D eigenvalue weighted by atomic mass is 10.1. The molecule has 0 bridgehead atoms. The van der Waals surface area contributed by atoms with Gasteiger partial charge in [-0.15, -0.1) is 11.6 Å². The average molecular weight is 203 g/mol. The molecule has 0 amide bonds. The Kier molecular flexibility index (Phi) is 3.57. The van der Waals surface area contributed by atoms with E-state index in [2.05, 4.69) is 0 Å². The van der Waals surface area contributed by atoms with Gasteiger partial charge in [-0.25, -0.2) is 0 Å². The summed E-state index contributed by atoms with van der Waals surface area (Å²) >= 11 is 11.1. The van der Waals surface area contributed by atoms with Crippen molar-refractivity contribution in [1.29, 1.82) is 0 Å². The first-order valence-corrected chi connectivity index (χ1v) is 4.39. The summed E-state index contributed by atoms with van der Waals surface area (Å²) < 4.78 is 0. The van der Waals surface area contributed by atoms with Gasteiger partial charge in [-0.2, -0.15) is 0 Å². The highest BCUT2D eigenvalue weighted by molar-refractivity contribution is 6.63. The number of carbonyl (C=O) groups excluding carboxylic acids is 1. The molecule has 64 valence electrons. The fourth-order valence-corrected chi connectivity index (χ4v) is 1.44. The van der Waals surface area contributed by atoms with Gasteiger partial charge in [0.05, 0.1) is 5.38 Å². The van der Waals surface area contributed by atoms with Crippen LogP contribution in [0.25, 0.3) is 0 Å². The van der Waals surface area contributed by atoms with E-state index in [1.54, 1.807) is 0 Å². The average Bonchev–Trinajstić information content (AvgIpc) is 2.05. The molecule has 0 saturated carbocycles. The van der Waals surface area contributed by atoms with E-state index in [0.717, 1.165) is 5.56 Å². The monoisotopic (exact) mass is 202 g/mol. The first-order chi connectivity index (χ1) is 5.70. The fourth-order valence-electron chi connectivity index (χ4n) is 0.921.